The fourth-order valence-electron chi connectivity index (χ4n) is 3.85. The van der Waals surface area contributed by atoms with Crippen molar-refractivity contribution in [2.75, 3.05) is 40.9 Å². The summed E-state index contributed by atoms with van der Waals surface area (Å²) in [5, 5.41) is 13.9. The van der Waals surface area contributed by atoms with Crippen molar-refractivity contribution in [3.63, 3.8) is 0 Å². The molecule has 0 aliphatic carbocycles. The van der Waals surface area contributed by atoms with Gasteiger partial charge in [0.05, 0.1) is 52.6 Å². The first-order valence-corrected chi connectivity index (χ1v) is 13.4. The van der Waals surface area contributed by atoms with E-state index >= 15 is 0 Å². The molecule has 3 aromatic rings. The molecule has 0 saturated heterocycles. The molecule has 10 nitrogen and oxygen atoms in total. The maximum absolute atomic E-state index is 13.0. The Morgan fingerprint density at radius 3 is 1.92 bits per heavy atom. The van der Waals surface area contributed by atoms with Gasteiger partial charge in [-0.2, -0.15) is 0 Å². The van der Waals surface area contributed by atoms with E-state index in [0.717, 1.165) is 5.41 Å². The highest BCUT2D eigenvalue weighted by Gasteiger charge is 2.22. The van der Waals surface area contributed by atoms with Crippen molar-refractivity contribution in [1.82, 2.24) is 0 Å². The van der Waals surface area contributed by atoms with Crippen LogP contribution in [0, 0.1) is 0 Å². The number of carbonyl (C=O) groups is 1. The van der Waals surface area contributed by atoms with Gasteiger partial charge in [0.1, 0.15) is 28.7 Å². The van der Waals surface area contributed by atoms with E-state index in [4.69, 9.17) is 23.7 Å². The molecule has 0 spiro atoms. The number of methoxy groups -OCH3 is 5. The van der Waals surface area contributed by atoms with Crippen molar-refractivity contribution in [3.8, 4) is 28.7 Å². The Morgan fingerprint density at radius 1 is 0.821 bits per heavy atom. The van der Waals surface area contributed by atoms with Gasteiger partial charge in [-0.15, -0.1) is 0 Å². The van der Waals surface area contributed by atoms with E-state index in [-0.39, 0.29) is 5.75 Å². The van der Waals surface area contributed by atoms with Crippen LogP contribution in [0.15, 0.2) is 60.0 Å². The summed E-state index contributed by atoms with van der Waals surface area (Å²) in [7, 11) is 3.62. The van der Waals surface area contributed by atoms with Gasteiger partial charge in [-0.1, -0.05) is 18.2 Å². The second-order valence-corrected chi connectivity index (χ2v) is 10.2. The van der Waals surface area contributed by atoms with Gasteiger partial charge >= 0.3 is 5.97 Å². The van der Waals surface area contributed by atoms with Crippen molar-refractivity contribution in [2.24, 2.45) is 0 Å². The Bertz CT molecular complexity index is 1410. The highest BCUT2D eigenvalue weighted by Crippen LogP contribution is 2.36. The van der Waals surface area contributed by atoms with Gasteiger partial charge in [-0.25, -0.2) is 13.2 Å². The van der Waals surface area contributed by atoms with E-state index in [9.17, 15) is 18.3 Å². The van der Waals surface area contributed by atoms with Crippen LogP contribution in [0.1, 0.15) is 22.7 Å². The van der Waals surface area contributed by atoms with Crippen LogP contribution in [-0.4, -0.2) is 55.0 Å². The molecule has 39 heavy (non-hydrogen) atoms. The van der Waals surface area contributed by atoms with E-state index in [2.05, 4.69) is 5.32 Å². The Hall–Kier alpha value is -4.38. The summed E-state index contributed by atoms with van der Waals surface area (Å²) < 4.78 is 52.6. The monoisotopic (exact) mass is 557 g/mol. The van der Waals surface area contributed by atoms with Crippen molar-refractivity contribution in [1.29, 1.82) is 0 Å². The molecule has 2 N–H and O–H groups in total. The summed E-state index contributed by atoms with van der Waals surface area (Å²) in [5.74, 6) is 0.744. The summed E-state index contributed by atoms with van der Waals surface area (Å²) in [5.41, 5.74) is 1.67. The van der Waals surface area contributed by atoms with Crippen molar-refractivity contribution in [3.05, 3.63) is 76.7 Å². The fraction of sp³-hybridized carbons (Fsp3) is 0.250. The van der Waals surface area contributed by atoms with E-state index in [1.54, 1.807) is 54.6 Å². The largest absolute Gasteiger partial charge is 0.497 e. The summed E-state index contributed by atoms with van der Waals surface area (Å²) >= 11 is 0. The summed E-state index contributed by atoms with van der Waals surface area (Å²) in [4.78, 5) is 12.1. The zero-order valence-corrected chi connectivity index (χ0v) is 23.1. The second-order valence-electron chi connectivity index (χ2n) is 8.28. The lowest BCUT2D eigenvalue weighted by Gasteiger charge is -2.19. The van der Waals surface area contributed by atoms with Crippen molar-refractivity contribution < 1.29 is 42.0 Å². The molecule has 0 aliphatic heterocycles. The first kappa shape index (κ1) is 29.2. The normalized spacial score (nSPS) is 12.0. The van der Waals surface area contributed by atoms with Gasteiger partial charge in [0.15, 0.2) is 15.9 Å². The lowest BCUT2D eigenvalue weighted by atomic mass is 10.1. The topological polar surface area (TPSA) is 130 Å². The van der Waals surface area contributed by atoms with Crippen LogP contribution >= 0.6 is 0 Å². The molecule has 1 unspecified atom stereocenters. The van der Waals surface area contributed by atoms with Gasteiger partial charge in [-0.3, -0.25) is 0 Å². The number of hydrogen-bond acceptors (Lipinski definition) is 9. The number of carboxylic acid groups (broad SMARTS) is 1. The Morgan fingerprint density at radius 2 is 1.41 bits per heavy atom. The van der Waals surface area contributed by atoms with Gasteiger partial charge in [0.25, 0.3) is 0 Å². The standard InChI is InChI=1S/C28H31NO9S/c1-34-20-9-7-19(8-10-20)27(28(30)31)29-23-14-18(6-11-24(23)36-3)17-39(32,33)13-12-22-25(37-4)15-21(35-2)16-26(22)38-5/h6-16,27,29H,17H2,1-5H3,(H,30,31)/b13-12+. The Kier molecular flexibility index (Phi) is 9.67. The number of nitrogens with one attached hydrogen (secondary N) is 1. The molecule has 3 rings (SSSR count). The Balaban J connectivity index is 1.89. The minimum absolute atomic E-state index is 0.330. The number of carboxylic acids is 1. The van der Waals surface area contributed by atoms with E-state index in [1.165, 1.54) is 41.6 Å². The molecule has 208 valence electrons. The van der Waals surface area contributed by atoms with E-state index < -0.39 is 21.8 Å². The number of rotatable bonds is 13. The zero-order chi connectivity index (χ0) is 28.6. The summed E-state index contributed by atoms with van der Waals surface area (Å²) in [6.07, 6.45) is 1.40. The number of ether oxygens (including phenoxy) is 5. The molecule has 1 atom stereocenters. The molecular weight excluding hydrogens is 526 g/mol. The highest BCUT2D eigenvalue weighted by molar-refractivity contribution is 7.93. The maximum atomic E-state index is 13.0. The van der Waals surface area contributed by atoms with Gasteiger partial charge < -0.3 is 34.1 Å². The zero-order valence-electron chi connectivity index (χ0n) is 22.3. The summed E-state index contributed by atoms with van der Waals surface area (Å²) in [6.45, 7) is 0. The maximum Gasteiger partial charge on any atom is 0.330 e. The molecular formula is C28H31NO9S. The SMILES string of the molecule is COc1ccc(C(Nc2cc(CS(=O)(=O)/C=C/c3c(OC)cc(OC)cc3OC)ccc2OC)C(=O)O)cc1. The average molecular weight is 558 g/mol. The number of anilines is 1. The predicted molar refractivity (Wildman–Crippen MR) is 148 cm³/mol. The van der Waals surface area contributed by atoms with Crippen LogP contribution in [0.3, 0.4) is 0 Å². The number of benzene rings is 3. The first-order valence-electron chi connectivity index (χ1n) is 11.7. The third-order valence-corrected chi connectivity index (χ3v) is 7.11. The molecule has 0 radical (unpaired) electrons. The first-order chi connectivity index (χ1) is 18.6. The van der Waals surface area contributed by atoms with Crippen molar-refractivity contribution in [2.45, 2.75) is 11.8 Å². The Labute approximate surface area is 227 Å². The molecule has 0 aromatic heterocycles. The quantitative estimate of drug-likeness (QED) is 0.309. The van der Waals surface area contributed by atoms with Gasteiger partial charge in [-0.05, 0) is 41.5 Å². The smallest absolute Gasteiger partial charge is 0.330 e. The minimum Gasteiger partial charge on any atom is -0.497 e. The lowest BCUT2D eigenvalue weighted by Crippen LogP contribution is -2.21. The number of aliphatic carboxylic acids is 1. The minimum atomic E-state index is -3.76. The average Bonchev–Trinajstić information content (AvgIpc) is 2.94. The van der Waals surface area contributed by atoms with Crippen LogP contribution < -0.4 is 29.0 Å². The molecule has 0 saturated carbocycles. The number of hydrogen-bond donors (Lipinski definition) is 2. The molecule has 11 heteroatoms. The van der Waals surface area contributed by atoms with E-state index in [1.807, 2.05) is 0 Å². The molecule has 3 aromatic carbocycles. The third kappa shape index (κ3) is 7.35. The second kappa shape index (κ2) is 12.9. The van der Waals surface area contributed by atoms with Crippen LogP contribution in [0.4, 0.5) is 5.69 Å². The molecule has 0 amide bonds. The number of sulfone groups is 1. The van der Waals surface area contributed by atoms with Crippen LogP contribution in [0.5, 0.6) is 28.7 Å². The molecule has 0 fully saturated rings. The van der Waals surface area contributed by atoms with Crippen molar-refractivity contribution >= 4 is 27.6 Å². The van der Waals surface area contributed by atoms with E-state index in [0.29, 0.717) is 51.1 Å². The predicted octanol–water partition coefficient (Wildman–Crippen LogP) is 4.55. The molecule has 0 aliphatic rings. The van der Waals surface area contributed by atoms with Gasteiger partial charge in [0, 0.05) is 17.5 Å². The van der Waals surface area contributed by atoms with Crippen LogP contribution in [0.25, 0.3) is 6.08 Å². The van der Waals surface area contributed by atoms with Crippen LogP contribution in [0.2, 0.25) is 0 Å². The fourth-order valence-corrected chi connectivity index (χ4v) is 4.93. The lowest BCUT2D eigenvalue weighted by molar-refractivity contribution is -0.138. The highest BCUT2D eigenvalue weighted by atomic mass is 32.2. The van der Waals surface area contributed by atoms with Crippen LogP contribution in [-0.2, 0) is 20.4 Å². The third-order valence-electron chi connectivity index (χ3n) is 5.82. The molecule has 0 bridgehead atoms. The van der Waals surface area contributed by atoms with Gasteiger partial charge in [0.2, 0.25) is 0 Å². The summed E-state index contributed by atoms with van der Waals surface area (Å²) in [6, 6.07) is 13.5. The molecule has 0 heterocycles.